The van der Waals surface area contributed by atoms with Gasteiger partial charge in [-0.15, -0.1) is 0 Å². The molecule has 140 valence electrons. The molecule has 1 aromatic heterocycles. The molecular formula is C23H22N4O. The molecular weight excluding hydrogens is 348 g/mol. The first kappa shape index (κ1) is 17.9. The Kier molecular flexibility index (Phi) is 4.91. The van der Waals surface area contributed by atoms with Crippen molar-refractivity contribution in [2.75, 3.05) is 11.9 Å². The lowest BCUT2D eigenvalue weighted by molar-refractivity contribution is 0.655. The molecule has 4 N–H and O–H groups in total. The number of benzene rings is 2. The Hall–Kier alpha value is -3.44. The summed E-state index contributed by atoms with van der Waals surface area (Å²) in [6, 6.07) is 16.0. The zero-order valence-corrected chi connectivity index (χ0v) is 15.4. The van der Waals surface area contributed by atoms with Gasteiger partial charge in [0.2, 0.25) is 0 Å². The molecule has 28 heavy (non-hydrogen) atoms. The number of nitrogens with one attached hydrogen (secondary N) is 2. The molecule has 2 heterocycles. The van der Waals surface area contributed by atoms with Crippen LogP contribution >= 0.6 is 0 Å². The minimum Gasteiger partial charge on any atom is -0.377 e. The molecule has 1 aliphatic rings. The van der Waals surface area contributed by atoms with Crippen molar-refractivity contribution >= 4 is 16.5 Å². The Morgan fingerprint density at radius 3 is 2.75 bits per heavy atom. The van der Waals surface area contributed by atoms with E-state index in [9.17, 15) is 4.79 Å². The summed E-state index contributed by atoms with van der Waals surface area (Å²) in [7, 11) is 0. The first-order valence-corrected chi connectivity index (χ1v) is 9.24. The number of rotatable bonds is 5. The Morgan fingerprint density at radius 1 is 1.14 bits per heavy atom. The summed E-state index contributed by atoms with van der Waals surface area (Å²) in [5, 5.41) is 12.2. The summed E-state index contributed by atoms with van der Waals surface area (Å²) in [4.78, 5) is 12.3. The second kappa shape index (κ2) is 7.66. The molecule has 5 nitrogen and oxygen atoms in total. The molecule has 2 aromatic carbocycles. The summed E-state index contributed by atoms with van der Waals surface area (Å²) in [5.74, 6) is -0.0487. The van der Waals surface area contributed by atoms with Crippen molar-refractivity contribution in [2.45, 2.75) is 12.0 Å². The summed E-state index contributed by atoms with van der Waals surface area (Å²) in [5.41, 5.74) is 9.21. The van der Waals surface area contributed by atoms with E-state index in [1.165, 1.54) is 0 Å². The van der Waals surface area contributed by atoms with Crippen LogP contribution in [-0.4, -0.2) is 16.7 Å². The van der Waals surface area contributed by atoms with E-state index < -0.39 is 0 Å². The first-order chi connectivity index (χ1) is 13.7. The van der Waals surface area contributed by atoms with Crippen LogP contribution in [0.3, 0.4) is 0 Å². The molecule has 0 saturated heterocycles. The third kappa shape index (κ3) is 3.28. The van der Waals surface area contributed by atoms with Gasteiger partial charge in [0, 0.05) is 23.5 Å². The average Bonchev–Trinajstić information content (AvgIpc) is 2.74. The van der Waals surface area contributed by atoms with E-state index in [0.29, 0.717) is 11.9 Å². The minimum atomic E-state index is -0.178. The molecule has 0 saturated carbocycles. The van der Waals surface area contributed by atoms with Crippen LogP contribution in [0.2, 0.25) is 0 Å². The highest BCUT2D eigenvalue weighted by atomic mass is 16.1. The van der Waals surface area contributed by atoms with Gasteiger partial charge in [-0.25, -0.2) is 5.10 Å². The lowest BCUT2D eigenvalue weighted by atomic mass is 9.84. The monoisotopic (exact) mass is 370 g/mol. The number of nitrogens with two attached hydrogens (primary N) is 1. The Morgan fingerprint density at radius 2 is 1.96 bits per heavy atom. The zero-order chi connectivity index (χ0) is 19.5. The predicted octanol–water partition coefficient (Wildman–Crippen LogP) is 3.80. The lowest BCUT2D eigenvalue weighted by Crippen LogP contribution is -2.26. The average molecular weight is 370 g/mol. The molecule has 5 heteroatoms. The van der Waals surface area contributed by atoms with E-state index in [1.807, 2.05) is 54.6 Å². The molecule has 0 fully saturated rings. The van der Waals surface area contributed by atoms with E-state index in [1.54, 1.807) is 0 Å². The SMILES string of the molecule is C=C(C=CC=CC1c2n[nH]c(=O)c3cccc(c23)NC1c1ccccc1)CN. The summed E-state index contributed by atoms with van der Waals surface area (Å²) >= 11 is 0. The van der Waals surface area contributed by atoms with E-state index in [4.69, 9.17) is 5.73 Å². The van der Waals surface area contributed by atoms with E-state index in [0.717, 1.165) is 27.9 Å². The van der Waals surface area contributed by atoms with Gasteiger partial charge >= 0.3 is 0 Å². The maximum absolute atomic E-state index is 12.3. The van der Waals surface area contributed by atoms with Crippen LogP contribution in [0.1, 0.15) is 23.2 Å². The summed E-state index contributed by atoms with van der Waals surface area (Å²) < 4.78 is 0. The number of allylic oxidation sites excluding steroid dienone is 2. The van der Waals surface area contributed by atoms with Gasteiger partial charge in [-0.3, -0.25) is 4.79 Å². The van der Waals surface area contributed by atoms with Gasteiger partial charge in [0.15, 0.2) is 0 Å². The smallest absolute Gasteiger partial charge is 0.272 e. The molecule has 2 atom stereocenters. The number of hydrogen-bond donors (Lipinski definition) is 3. The van der Waals surface area contributed by atoms with Gasteiger partial charge in [0.25, 0.3) is 5.56 Å². The van der Waals surface area contributed by atoms with Gasteiger partial charge in [-0.1, -0.05) is 67.3 Å². The van der Waals surface area contributed by atoms with Crippen molar-refractivity contribution in [2.24, 2.45) is 5.73 Å². The van der Waals surface area contributed by atoms with Crippen molar-refractivity contribution < 1.29 is 0 Å². The van der Waals surface area contributed by atoms with Gasteiger partial charge in [0.1, 0.15) is 0 Å². The second-order valence-corrected chi connectivity index (χ2v) is 6.83. The highest BCUT2D eigenvalue weighted by molar-refractivity contribution is 5.97. The van der Waals surface area contributed by atoms with Crippen LogP contribution in [0.25, 0.3) is 10.8 Å². The maximum atomic E-state index is 12.3. The topological polar surface area (TPSA) is 83.8 Å². The Labute approximate surface area is 163 Å². The highest BCUT2D eigenvalue weighted by Crippen LogP contribution is 2.43. The number of anilines is 1. The zero-order valence-electron chi connectivity index (χ0n) is 15.4. The largest absolute Gasteiger partial charge is 0.377 e. The lowest BCUT2D eigenvalue weighted by Gasteiger charge is -2.32. The first-order valence-electron chi connectivity index (χ1n) is 9.24. The third-order valence-electron chi connectivity index (χ3n) is 5.01. The summed E-state index contributed by atoms with van der Waals surface area (Å²) in [6.07, 6.45) is 7.91. The number of H-pyrrole nitrogens is 1. The maximum Gasteiger partial charge on any atom is 0.272 e. The van der Waals surface area contributed by atoms with Crippen LogP contribution < -0.4 is 16.6 Å². The third-order valence-corrected chi connectivity index (χ3v) is 5.01. The Bertz CT molecular complexity index is 1130. The quantitative estimate of drug-likeness (QED) is 0.597. The van der Waals surface area contributed by atoms with Crippen LogP contribution in [0, 0.1) is 0 Å². The van der Waals surface area contributed by atoms with Crippen molar-refractivity contribution in [3.8, 4) is 0 Å². The van der Waals surface area contributed by atoms with Crippen molar-refractivity contribution in [1.82, 2.24) is 10.2 Å². The van der Waals surface area contributed by atoms with E-state index in [2.05, 4.69) is 40.3 Å². The van der Waals surface area contributed by atoms with Crippen molar-refractivity contribution in [3.05, 3.63) is 107 Å². The van der Waals surface area contributed by atoms with Crippen LogP contribution in [-0.2, 0) is 0 Å². The van der Waals surface area contributed by atoms with E-state index >= 15 is 0 Å². The number of hydrogen-bond acceptors (Lipinski definition) is 4. The fraction of sp³-hybridized carbons (Fsp3) is 0.130. The number of aromatic nitrogens is 2. The second-order valence-electron chi connectivity index (χ2n) is 6.83. The number of nitrogens with zero attached hydrogens (tertiary/aromatic N) is 1. The van der Waals surface area contributed by atoms with Crippen LogP contribution in [0.4, 0.5) is 5.69 Å². The fourth-order valence-corrected chi connectivity index (χ4v) is 3.62. The highest BCUT2D eigenvalue weighted by Gasteiger charge is 2.31. The molecule has 2 unspecified atom stereocenters. The standard InChI is InChI=1S/C23H22N4O/c1-15(14-24)8-5-6-11-18-21(16-9-3-2-4-10-16)25-19-13-7-12-17-20(19)22(18)26-27-23(17)28/h2-13,18,21,25H,1,14,24H2,(H,27,28). The molecule has 0 amide bonds. The molecule has 1 aliphatic heterocycles. The normalized spacial score (nSPS) is 18.6. The van der Waals surface area contributed by atoms with Gasteiger partial charge in [-0.05, 0) is 23.3 Å². The fourth-order valence-electron chi connectivity index (χ4n) is 3.62. The van der Waals surface area contributed by atoms with Crippen LogP contribution in [0.5, 0.6) is 0 Å². The van der Waals surface area contributed by atoms with Gasteiger partial charge in [-0.2, -0.15) is 5.10 Å². The number of aromatic amines is 1. The molecule has 0 bridgehead atoms. The van der Waals surface area contributed by atoms with Gasteiger partial charge < -0.3 is 11.1 Å². The molecule has 4 rings (SSSR count). The molecule has 3 aromatic rings. The predicted molar refractivity (Wildman–Crippen MR) is 114 cm³/mol. The van der Waals surface area contributed by atoms with Gasteiger partial charge in [0.05, 0.1) is 17.1 Å². The van der Waals surface area contributed by atoms with E-state index in [-0.39, 0.29) is 17.5 Å². The molecule has 0 aliphatic carbocycles. The van der Waals surface area contributed by atoms with Crippen molar-refractivity contribution in [1.29, 1.82) is 0 Å². The van der Waals surface area contributed by atoms with Crippen LogP contribution in [0.15, 0.2) is 89.8 Å². The summed E-state index contributed by atoms with van der Waals surface area (Å²) in [6.45, 7) is 4.31. The molecule has 0 radical (unpaired) electrons. The Balaban J connectivity index is 1.83. The van der Waals surface area contributed by atoms with Crippen molar-refractivity contribution in [3.63, 3.8) is 0 Å². The minimum absolute atomic E-state index is 0.0000575. The molecule has 0 spiro atoms.